The van der Waals surface area contributed by atoms with Gasteiger partial charge in [-0.05, 0) is 60.6 Å². The lowest BCUT2D eigenvalue weighted by Gasteiger charge is -2.16. The smallest absolute Gasteiger partial charge is 0.338 e. The van der Waals surface area contributed by atoms with Crippen LogP contribution in [0.3, 0.4) is 0 Å². The fourth-order valence-electron chi connectivity index (χ4n) is 3.16. The molecule has 3 rings (SSSR count). The Morgan fingerprint density at radius 3 is 2.56 bits per heavy atom. The molecule has 0 bridgehead atoms. The Kier molecular flexibility index (Phi) is 5.61. The SMILES string of the molecule is COCc1cccc(C(=O)OCC(=O)c2ccc3c(c2)CCCC3)c1. The number of carbonyl (C=O) groups excluding carboxylic acids is 2. The van der Waals surface area contributed by atoms with Gasteiger partial charge < -0.3 is 9.47 Å². The van der Waals surface area contributed by atoms with E-state index in [0.717, 1.165) is 24.8 Å². The van der Waals surface area contributed by atoms with Gasteiger partial charge in [0.2, 0.25) is 0 Å². The van der Waals surface area contributed by atoms with E-state index in [-0.39, 0.29) is 12.4 Å². The van der Waals surface area contributed by atoms with Gasteiger partial charge in [-0.2, -0.15) is 0 Å². The highest BCUT2D eigenvalue weighted by atomic mass is 16.5. The van der Waals surface area contributed by atoms with Gasteiger partial charge in [0.1, 0.15) is 0 Å². The molecule has 1 aliphatic rings. The number of benzene rings is 2. The van der Waals surface area contributed by atoms with E-state index in [1.165, 1.54) is 17.5 Å². The highest BCUT2D eigenvalue weighted by molar-refractivity contribution is 5.99. The van der Waals surface area contributed by atoms with Crippen molar-refractivity contribution in [1.82, 2.24) is 0 Å². The number of hydrogen-bond donors (Lipinski definition) is 0. The van der Waals surface area contributed by atoms with Crippen LogP contribution in [0.5, 0.6) is 0 Å². The molecular weight excluding hydrogens is 316 g/mol. The highest BCUT2D eigenvalue weighted by Gasteiger charge is 2.15. The minimum Gasteiger partial charge on any atom is -0.454 e. The minimum atomic E-state index is -0.496. The summed E-state index contributed by atoms with van der Waals surface area (Å²) in [6.45, 7) is 0.182. The second kappa shape index (κ2) is 8.08. The monoisotopic (exact) mass is 338 g/mol. The summed E-state index contributed by atoms with van der Waals surface area (Å²) in [5, 5.41) is 0. The summed E-state index contributed by atoms with van der Waals surface area (Å²) < 4.78 is 10.3. The Bertz CT molecular complexity index is 779. The molecule has 0 saturated heterocycles. The van der Waals surface area contributed by atoms with Crippen molar-refractivity contribution in [2.45, 2.75) is 32.3 Å². The molecular formula is C21H22O4. The first-order valence-electron chi connectivity index (χ1n) is 8.57. The van der Waals surface area contributed by atoms with E-state index in [2.05, 4.69) is 0 Å². The van der Waals surface area contributed by atoms with Crippen LogP contribution in [0, 0.1) is 0 Å². The van der Waals surface area contributed by atoms with Gasteiger partial charge in [0.25, 0.3) is 0 Å². The molecule has 1 aliphatic carbocycles. The Morgan fingerprint density at radius 1 is 0.960 bits per heavy atom. The summed E-state index contributed by atoms with van der Waals surface area (Å²) in [6.07, 6.45) is 4.47. The number of ether oxygens (including phenoxy) is 2. The largest absolute Gasteiger partial charge is 0.454 e. The normalized spacial score (nSPS) is 13.2. The predicted octanol–water partition coefficient (Wildman–Crippen LogP) is 3.75. The van der Waals surface area contributed by atoms with Gasteiger partial charge in [0, 0.05) is 12.7 Å². The molecule has 0 aliphatic heterocycles. The molecule has 0 spiro atoms. The molecule has 130 valence electrons. The lowest BCUT2D eigenvalue weighted by Crippen LogP contribution is -2.15. The van der Waals surface area contributed by atoms with Gasteiger partial charge in [0.15, 0.2) is 12.4 Å². The molecule has 2 aromatic carbocycles. The van der Waals surface area contributed by atoms with Crippen LogP contribution in [-0.4, -0.2) is 25.5 Å². The molecule has 0 saturated carbocycles. The van der Waals surface area contributed by atoms with Crippen molar-refractivity contribution in [3.63, 3.8) is 0 Å². The standard InChI is InChI=1S/C21H22O4/c1-24-13-15-5-4-8-19(11-15)21(23)25-14-20(22)18-10-9-16-6-2-3-7-17(16)12-18/h4-5,8-12H,2-3,6-7,13-14H2,1H3. The Labute approximate surface area is 147 Å². The number of methoxy groups -OCH3 is 1. The van der Waals surface area contributed by atoms with E-state index >= 15 is 0 Å². The average molecular weight is 338 g/mol. The van der Waals surface area contributed by atoms with Crippen molar-refractivity contribution in [1.29, 1.82) is 0 Å². The topological polar surface area (TPSA) is 52.6 Å². The van der Waals surface area contributed by atoms with E-state index in [1.807, 2.05) is 24.3 Å². The van der Waals surface area contributed by atoms with E-state index < -0.39 is 5.97 Å². The van der Waals surface area contributed by atoms with Gasteiger partial charge in [0.05, 0.1) is 12.2 Å². The molecule has 0 fully saturated rings. The molecule has 0 N–H and O–H groups in total. The highest BCUT2D eigenvalue weighted by Crippen LogP contribution is 2.22. The lowest BCUT2D eigenvalue weighted by atomic mass is 9.90. The van der Waals surface area contributed by atoms with Gasteiger partial charge >= 0.3 is 5.97 Å². The number of esters is 1. The van der Waals surface area contributed by atoms with Crippen molar-refractivity contribution in [2.24, 2.45) is 0 Å². The molecule has 0 atom stereocenters. The Balaban J connectivity index is 1.62. The third-order valence-corrected chi connectivity index (χ3v) is 4.48. The molecule has 0 radical (unpaired) electrons. The molecule has 2 aromatic rings. The van der Waals surface area contributed by atoms with Crippen LogP contribution in [0.25, 0.3) is 0 Å². The van der Waals surface area contributed by atoms with E-state index in [9.17, 15) is 9.59 Å². The van der Waals surface area contributed by atoms with E-state index in [1.54, 1.807) is 25.3 Å². The van der Waals surface area contributed by atoms with Crippen LogP contribution in [0.15, 0.2) is 42.5 Å². The zero-order valence-electron chi connectivity index (χ0n) is 14.4. The molecule has 25 heavy (non-hydrogen) atoms. The number of aryl methyl sites for hydroxylation is 2. The first-order valence-corrected chi connectivity index (χ1v) is 8.57. The van der Waals surface area contributed by atoms with Crippen LogP contribution in [-0.2, 0) is 28.9 Å². The maximum atomic E-state index is 12.3. The van der Waals surface area contributed by atoms with Crippen molar-refractivity contribution in [3.8, 4) is 0 Å². The van der Waals surface area contributed by atoms with Crippen molar-refractivity contribution < 1.29 is 19.1 Å². The third kappa shape index (κ3) is 4.34. The summed E-state index contributed by atoms with van der Waals surface area (Å²) >= 11 is 0. The average Bonchev–Trinajstić information content (AvgIpc) is 2.66. The lowest BCUT2D eigenvalue weighted by molar-refractivity contribution is 0.0474. The van der Waals surface area contributed by atoms with Crippen LogP contribution in [0.1, 0.15) is 50.2 Å². The van der Waals surface area contributed by atoms with E-state index in [0.29, 0.717) is 17.7 Å². The van der Waals surface area contributed by atoms with Gasteiger partial charge in [-0.25, -0.2) is 4.79 Å². The van der Waals surface area contributed by atoms with E-state index in [4.69, 9.17) is 9.47 Å². The molecule has 0 heterocycles. The first kappa shape index (κ1) is 17.4. The second-order valence-corrected chi connectivity index (χ2v) is 6.32. The van der Waals surface area contributed by atoms with Crippen molar-refractivity contribution in [2.75, 3.05) is 13.7 Å². The molecule has 4 nitrogen and oxygen atoms in total. The first-order chi connectivity index (χ1) is 12.2. The van der Waals surface area contributed by atoms with Crippen molar-refractivity contribution >= 4 is 11.8 Å². The number of fused-ring (bicyclic) bond motifs is 1. The summed E-state index contributed by atoms with van der Waals surface area (Å²) in [7, 11) is 1.60. The number of carbonyl (C=O) groups is 2. The summed E-state index contributed by atoms with van der Waals surface area (Å²) in [5.41, 5.74) is 4.50. The number of Topliss-reactive ketones (excluding diaryl/α,β-unsaturated/α-hetero) is 1. The Hall–Kier alpha value is -2.46. The number of hydrogen-bond acceptors (Lipinski definition) is 4. The maximum absolute atomic E-state index is 12.3. The molecule has 0 unspecified atom stereocenters. The fourth-order valence-corrected chi connectivity index (χ4v) is 3.16. The maximum Gasteiger partial charge on any atom is 0.338 e. The quantitative estimate of drug-likeness (QED) is 0.594. The molecule has 0 aromatic heterocycles. The third-order valence-electron chi connectivity index (χ3n) is 4.48. The summed E-state index contributed by atoms with van der Waals surface area (Å²) in [6, 6.07) is 12.8. The molecule has 4 heteroatoms. The second-order valence-electron chi connectivity index (χ2n) is 6.32. The summed E-state index contributed by atoms with van der Waals surface area (Å²) in [4.78, 5) is 24.5. The fraction of sp³-hybridized carbons (Fsp3) is 0.333. The number of rotatable bonds is 6. The predicted molar refractivity (Wildman–Crippen MR) is 94.9 cm³/mol. The van der Waals surface area contributed by atoms with Gasteiger partial charge in [-0.3, -0.25) is 4.79 Å². The van der Waals surface area contributed by atoms with Gasteiger partial charge in [-0.15, -0.1) is 0 Å². The summed E-state index contributed by atoms with van der Waals surface area (Å²) in [5.74, 6) is -0.668. The van der Waals surface area contributed by atoms with Crippen LogP contribution in [0.2, 0.25) is 0 Å². The van der Waals surface area contributed by atoms with Crippen molar-refractivity contribution in [3.05, 3.63) is 70.3 Å². The minimum absolute atomic E-state index is 0.172. The zero-order valence-corrected chi connectivity index (χ0v) is 14.4. The zero-order chi connectivity index (χ0) is 17.6. The number of ketones is 1. The van der Waals surface area contributed by atoms with Crippen LogP contribution < -0.4 is 0 Å². The van der Waals surface area contributed by atoms with Crippen LogP contribution >= 0.6 is 0 Å². The van der Waals surface area contributed by atoms with Gasteiger partial charge in [-0.1, -0.05) is 24.3 Å². The Morgan fingerprint density at radius 2 is 1.76 bits per heavy atom. The molecule has 0 amide bonds. The van der Waals surface area contributed by atoms with Crippen LogP contribution in [0.4, 0.5) is 0 Å².